The van der Waals surface area contributed by atoms with Gasteiger partial charge in [-0.25, -0.2) is 11.0 Å². The molecule has 0 radical (unpaired) electrons. The molecule has 44 heavy (non-hydrogen) atoms. The first-order valence-corrected chi connectivity index (χ1v) is 13.2. The van der Waals surface area contributed by atoms with Crippen molar-refractivity contribution in [2.45, 2.75) is 0 Å². The molecule has 6 rings (SSSR count). The van der Waals surface area contributed by atoms with Crippen LogP contribution in [0.3, 0.4) is 0 Å². The van der Waals surface area contributed by atoms with E-state index in [4.69, 9.17) is 9.68 Å². The highest BCUT2D eigenvalue weighted by Crippen LogP contribution is 2.52. The first kappa shape index (κ1) is 28.5. The van der Waals surface area contributed by atoms with Crippen LogP contribution in [-0.4, -0.2) is 0 Å². The van der Waals surface area contributed by atoms with Crippen LogP contribution >= 0.6 is 0 Å². The number of anilines is 2. The Kier molecular flexibility index (Phi) is 7.72. The van der Waals surface area contributed by atoms with Gasteiger partial charge in [0.25, 0.3) is 0 Å². The van der Waals surface area contributed by atoms with E-state index in [-0.39, 0.29) is 11.4 Å². The van der Waals surface area contributed by atoms with E-state index in [1.54, 1.807) is 72.8 Å². The summed E-state index contributed by atoms with van der Waals surface area (Å²) in [5, 5.41) is 2.71. The van der Waals surface area contributed by atoms with Crippen molar-refractivity contribution in [2.24, 2.45) is 0 Å². The number of fused-ring (bicyclic) bond motifs is 3. The van der Waals surface area contributed by atoms with Gasteiger partial charge in [0.2, 0.25) is 0 Å². The van der Waals surface area contributed by atoms with Gasteiger partial charge in [0.05, 0.1) is 11.4 Å². The van der Waals surface area contributed by atoms with Crippen molar-refractivity contribution in [2.75, 3.05) is 11.0 Å². The maximum absolute atomic E-state index is 14.1. The lowest BCUT2D eigenvalue weighted by molar-refractivity contribution is 0.164. The number of rotatable bonds is 8. The fourth-order valence-corrected chi connectivity index (χ4v) is 5.42. The van der Waals surface area contributed by atoms with Gasteiger partial charge in [-0.05, 0) is 33.0 Å². The Balaban J connectivity index is 1.89. The molecule has 0 amide bonds. The zero-order valence-electron chi connectivity index (χ0n) is 22.5. The van der Waals surface area contributed by atoms with Crippen LogP contribution < -0.4 is 11.0 Å². The third kappa shape index (κ3) is 5.11. The van der Waals surface area contributed by atoms with Gasteiger partial charge < -0.3 is 9.68 Å². The Morgan fingerprint density at radius 1 is 0.409 bits per heavy atom. The Hall–Kier alpha value is -5.64. The molecule has 0 saturated carbocycles. The lowest BCUT2D eigenvalue weighted by atomic mass is 9.83. The van der Waals surface area contributed by atoms with Gasteiger partial charge in [0.15, 0.2) is 0 Å². The van der Waals surface area contributed by atoms with Gasteiger partial charge in [-0.3, -0.25) is 0 Å². The minimum Gasteiger partial charge on any atom is -0.345 e. The van der Waals surface area contributed by atoms with E-state index < -0.39 is 24.2 Å². The summed E-state index contributed by atoms with van der Waals surface area (Å²) in [7, 11) is 0. The first-order chi connectivity index (χ1) is 21.4. The second-order valence-corrected chi connectivity index (χ2v) is 9.55. The third-order valence-electron chi connectivity index (χ3n) is 7.09. The number of halogens is 6. The second kappa shape index (κ2) is 11.9. The van der Waals surface area contributed by atoms with Crippen molar-refractivity contribution in [3.8, 4) is 22.3 Å². The maximum Gasteiger partial charge on any atom is 0.365 e. The summed E-state index contributed by atoms with van der Waals surface area (Å²) in [6.07, 6.45) is -5.35. The summed E-state index contributed by atoms with van der Waals surface area (Å²) in [6, 6.07) is 27.7. The largest absolute Gasteiger partial charge is 0.365 e. The van der Waals surface area contributed by atoms with Crippen molar-refractivity contribution in [1.29, 1.82) is 0 Å². The predicted octanol–water partition coefficient (Wildman–Crippen LogP) is 11.2. The van der Waals surface area contributed by atoms with E-state index in [1.807, 2.05) is 36.4 Å². The zero-order valence-corrected chi connectivity index (χ0v) is 22.5. The summed E-state index contributed by atoms with van der Waals surface area (Å²) in [6.45, 7) is 0. The monoisotopic (exact) mass is 602 g/mol. The predicted molar refractivity (Wildman–Crippen MR) is 160 cm³/mol. The molecule has 0 aliphatic heterocycles. The quantitative estimate of drug-likeness (QED) is 0.0787. The van der Waals surface area contributed by atoms with Crippen LogP contribution in [0.15, 0.2) is 133 Å². The van der Waals surface area contributed by atoms with Crippen molar-refractivity contribution >= 4 is 43.7 Å². The number of nitrogens with one attached hydrogen (secondary N) is 2. The fourth-order valence-electron chi connectivity index (χ4n) is 5.42. The van der Waals surface area contributed by atoms with Gasteiger partial charge in [0, 0.05) is 21.5 Å². The van der Waals surface area contributed by atoms with Crippen LogP contribution in [0.25, 0.3) is 54.6 Å². The molecule has 0 aromatic heterocycles. The van der Waals surface area contributed by atoms with Crippen LogP contribution in [0, 0.1) is 0 Å². The molecule has 220 valence electrons. The summed E-state index contributed by atoms with van der Waals surface area (Å²) in [5.41, 5.74) is 7.49. The molecular weight excluding hydrogens is 582 g/mol. The van der Waals surface area contributed by atoms with Crippen molar-refractivity contribution in [1.82, 2.24) is 0 Å². The molecule has 0 saturated heterocycles. The molecule has 0 fully saturated rings. The Labute approximate surface area is 246 Å². The topological polar surface area (TPSA) is 42.5 Å². The molecule has 6 aromatic rings. The Morgan fingerprint density at radius 3 is 1.07 bits per heavy atom. The standard InChI is InChI=1S/C34H20F6N2O2/c35-31(36)33(39)43-41-29-24-18-10-8-16-22(24)26(20-13-5-2-6-14-20)28-27(29)25(19-11-3-1-4-12-19)21-15-7-9-17-23(21)30(28)42-44-34(40)32(37)38/h1-18,41-42H. The van der Waals surface area contributed by atoms with Crippen molar-refractivity contribution < 1.29 is 36.0 Å². The maximum atomic E-state index is 14.1. The average molecular weight is 603 g/mol. The summed E-state index contributed by atoms with van der Waals surface area (Å²) in [4.78, 5) is 9.44. The van der Waals surface area contributed by atoms with Crippen LogP contribution in [-0.2, 0) is 9.68 Å². The minimum absolute atomic E-state index is 0.0898. The molecule has 0 aliphatic rings. The zero-order chi connectivity index (χ0) is 30.8. The lowest BCUT2D eigenvalue weighted by Gasteiger charge is -2.24. The highest BCUT2D eigenvalue weighted by molar-refractivity contribution is 6.33. The van der Waals surface area contributed by atoms with E-state index in [1.165, 1.54) is 0 Å². The minimum atomic E-state index is -2.67. The van der Waals surface area contributed by atoms with Gasteiger partial charge in [-0.1, -0.05) is 109 Å². The molecule has 0 aliphatic carbocycles. The molecule has 0 atom stereocenters. The number of benzene rings is 6. The van der Waals surface area contributed by atoms with Crippen LogP contribution in [0.1, 0.15) is 0 Å². The van der Waals surface area contributed by atoms with E-state index in [0.717, 1.165) is 0 Å². The van der Waals surface area contributed by atoms with Crippen molar-refractivity contribution in [3.05, 3.63) is 133 Å². The highest BCUT2D eigenvalue weighted by atomic mass is 19.3. The summed E-state index contributed by atoms with van der Waals surface area (Å²) in [5.74, 6) is 0. The number of hydrogen-bond donors (Lipinski definition) is 2. The Morgan fingerprint density at radius 2 is 0.727 bits per heavy atom. The van der Waals surface area contributed by atoms with E-state index in [2.05, 4.69) is 11.0 Å². The average Bonchev–Trinajstić information content (AvgIpc) is 3.05. The lowest BCUT2D eigenvalue weighted by Crippen LogP contribution is -2.06. The van der Waals surface area contributed by atoms with Crippen molar-refractivity contribution in [3.63, 3.8) is 0 Å². The highest BCUT2D eigenvalue weighted by Gasteiger charge is 2.26. The summed E-state index contributed by atoms with van der Waals surface area (Å²) >= 11 is 0. The van der Waals surface area contributed by atoms with Crippen LogP contribution in [0.4, 0.5) is 37.7 Å². The molecule has 0 bridgehead atoms. The molecule has 0 spiro atoms. The van der Waals surface area contributed by atoms with E-state index in [0.29, 0.717) is 54.6 Å². The van der Waals surface area contributed by atoms with Crippen LogP contribution in [0.2, 0.25) is 0 Å². The molecule has 2 N–H and O–H groups in total. The van der Waals surface area contributed by atoms with Gasteiger partial charge >= 0.3 is 24.2 Å². The smallest absolute Gasteiger partial charge is 0.345 e. The van der Waals surface area contributed by atoms with Crippen LogP contribution in [0.5, 0.6) is 0 Å². The summed E-state index contributed by atoms with van der Waals surface area (Å²) < 4.78 is 80.6. The molecular formula is C34H20F6N2O2. The van der Waals surface area contributed by atoms with E-state index in [9.17, 15) is 26.3 Å². The molecule has 0 unspecified atom stereocenters. The Bertz CT molecular complexity index is 1920. The SMILES string of the molecule is FC(F)=C(F)ONc1c2ccccc2c(-c2ccccc2)c2c(NOC(F)=C(F)F)c3ccccc3c(-c3ccccc3)c12. The van der Waals surface area contributed by atoms with Gasteiger partial charge in [0.1, 0.15) is 0 Å². The molecule has 4 nitrogen and oxygen atoms in total. The third-order valence-corrected chi connectivity index (χ3v) is 7.09. The fraction of sp³-hybridized carbons (Fsp3) is 0. The molecule has 0 heterocycles. The normalized spacial score (nSPS) is 11.0. The molecule has 10 heteroatoms. The molecule has 6 aromatic carbocycles. The second-order valence-electron chi connectivity index (χ2n) is 9.55. The first-order valence-electron chi connectivity index (χ1n) is 13.2. The van der Waals surface area contributed by atoms with Gasteiger partial charge in [-0.15, -0.1) is 0 Å². The van der Waals surface area contributed by atoms with E-state index >= 15 is 0 Å². The number of hydrogen-bond acceptors (Lipinski definition) is 4. The van der Waals surface area contributed by atoms with Gasteiger partial charge in [-0.2, -0.15) is 26.3 Å².